The number of amides is 3. The fourth-order valence-electron chi connectivity index (χ4n) is 4.95. The van der Waals surface area contributed by atoms with E-state index in [9.17, 15) is 14.4 Å². The van der Waals surface area contributed by atoms with E-state index in [0.29, 0.717) is 23.2 Å². The molecule has 10 nitrogen and oxygen atoms in total. The van der Waals surface area contributed by atoms with Crippen molar-refractivity contribution in [3.8, 4) is 11.5 Å². The number of nitrogens with zero attached hydrogens (tertiary/aromatic N) is 1. The minimum atomic E-state index is -0.781. The summed E-state index contributed by atoms with van der Waals surface area (Å²) in [6, 6.07) is 5.42. The molecule has 5 unspecified atom stereocenters. The van der Waals surface area contributed by atoms with Crippen LogP contribution in [0, 0.1) is 11.8 Å². The van der Waals surface area contributed by atoms with Crippen molar-refractivity contribution in [2.75, 3.05) is 18.7 Å². The van der Waals surface area contributed by atoms with Crippen LogP contribution in [0.15, 0.2) is 18.2 Å². The Balaban J connectivity index is 1.31. The molecule has 166 valence electrons. The van der Waals surface area contributed by atoms with Gasteiger partial charge in [-0.3, -0.25) is 24.6 Å². The SMILES string of the molecule is CC1CCCCN1C1NC(=O)C2C(NC(=O)CC2C(=O)Nc2ccc3c(c2)OCO3)N1. The minimum absolute atomic E-state index is 0.0442. The zero-order valence-electron chi connectivity index (χ0n) is 17.3. The maximum Gasteiger partial charge on any atom is 0.231 e. The van der Waals surface area contributed by atoms with Crippen LogP contribution in [0.25, 0.3) is 0 Å². The zero-order chi connectivity index (χ0) is 21.5. The first kappa shape index (κ1) is 20.1. The lowest BCUT2D eigenvalue weighted by molar-refractivity contribution is -0.148. The van der Waals surface area contributed by atoms with E-state index in [1.165, 1.54) is 6.42 Å². The van der Waals surface area contributed by atoms with Gasteiger partial charge < -0.3 is 25.4 Å². The quantitative estimate of drug-likeness (QED) is 0.546. The first-order valence-electron chi connectivity index (χ1n) is 10.8. The van der Waals surface area contributed by atoms with Crippen LogP contribution in [0.2, 0.25) is 0 Å². The van der Waals surface area contributed by atoms with Crippen molar-refractivity contribution >= 4 is 23.4 Å². The van der Waals surface area contributed by atoms with Crippen LogP contribution in [-0.4, -0.2) is 54.5 Å². The van der Waals surface area contributed by atoms with E-state index in [1.54, 1.807) is 18.2 Å². The molecule has 4 aliphatic heterocycles. The van der Waals surface area contributed by atoms with Gasteiger partial charge in [-0.1, -0.05) is 6.42 Å². The molecule has 1 aromatic carbocycles. The number of piperidine rings is 2. The average Bonchev–Trinajstić information content (AvgIpc) is 3.21. The molecule has 0 spiro atoms. The normalized spacial score (nSPS) is 32.6. The molecule has 0 saturated carbocycles. The molecule has 0 bridgehead atoms. The number of fused-ring (bicyclic) bond motifs is 2. The average molecular weight is 429 g/mol. The molecular formula is C21H27N5O5. The van der Waals surface area contributed by atoms with Gasteiger partial charge in [-0.25, -0.2) is 0 Å². The molecule has 4 heterocycles. The van der Waals surface area contributed by atoms with E-state index >= 15 is 0 Å². The van der Waals surface area contributed by atoms with Crippen LogP contribution < -0.4 is 30.7 Å². The van der Waals surface area contributed by atoms with E-state index in [0.717, 1.165) is 19.4 Å². The predicted octanol–water partition coefficient (Wildman–Crippen LogP) is 0.310. The van der Waals surface area contributed by atoms with Gasteiger partial charge in [0.25, 0.3) is 0 Å². The monoisotopic (exact) mass is 429 g/mol. The van der Waals surface area contributed by atoms with E-state index in [1.807, 2.05) is 0 Å². The van der Waals surface area contributed by atoms with Gasteiger partial charge in [0.05, 0.1) is 18.0 Å². The topological polar surface area (TPSA) is 121 Å². The minimum Gasteiger partial charge on any atom is -0.454 e. The summed E-state index contributed by atoms with van der Waals surface area (Å²) in [6.07, 6.45) is 2.30. The van der Waals surface area contributed by atoms with Crippen LogP contribution in [-0.2, 0) is 14.4 Å². The summed E-state index contributed by atoms with van der Waals surface area (Å²) in [5.41, 5.74) is 0.529. The molecule has 0 radical (unpaired) electrons. The Morgan fingerprint density at radius 2 is 2.00 bits per heavy atom. The lowest BCUT2D eigenvalue weighted by Crippen LogP contribution is -2.75. The van der Waals surface area contributed by atoms with Gasteiger partial charge in [0.15, 0.2) is 11.5 Å². The smallest absolute Gasteiger partial charge is 0.231 e. The fraction of sp³-hybridized carbons (Fsp3) is 0.571. The maximum atomic E-state index is 13.1. The third-order valence-corrected chi connectivity index (χ3v) is 6.60. The molecule has 5 atom stereocenters. The highest BCUT2D eigenvalue weighted by Crippen LogP contribution is 2.35. The molecule has 3 fully saturated rings. The van der Waals surface area contributed by atoms with Crippen molar-refractivity contribution in [3.63, 3.8) is 0 Å². The van der Waals surface area contributed by atoms with Gasteiger partial charge in [0.2, 0.25) is 24.5 Å². The molecular weight excluding hydrogens is 402 g/mol. The lowest BCUT2D eigenvalue weighted by Gasteiger charge is -2.48. The Labute approximate surface area is 180 Å². The van der Waals surface area contributed by atoms with Crippen molar-refractivity contribution in [3.05, 3.63) is 18.2 Å². The molecule has 10 heteroatoms. The summed E-state index contributed by atoms with van der Waals surface area (Å²) >= 11 is 0. The van der Waals surface area contributed by atoms with Gasteiger partial charge in [-0.05, 0) is 31.9 Å². The number of anilines is 1. The number of ether oxygens (including phenoxy) is 2. The largest absolute Gasteiger partial charge is 0.454 e. The third kappa shape index (κ3) is 3.81. The number of carbonyl (C=O) groups excluding carboxylic acids is 3. The maximum absolute atomic E-state index is 13.1. The summed E-state index contributed by atoms with van der Waals surface area (Å²) < 4.78 is 10.6. The van der Waals surface area contributed by atoms with Crippen molar-refractivity contribution in [1.82, 2.24) is 20.9 Å². The lowest BCUT2D eigenvalue weighted by atomic mass is 9.81. The summed E-state index contributed by atoms with van der Waals surface area (Å²) in [4.78, 5) is 40.7. The van der Waals surface area contributed by atoms with Gasteiger partial charge in [-0.15, -0.1) is 0 Å². The summed E-state index contributed by atoms with van der Waals surface area (Å²) in [6.45, 7) is 3.15. The number of nitrogens with one attached hydrogen (secondary N) is 4. The molecule has 4 aliphatic rings. The van der Waals surface area contributed by atoms with E-state index in [2.05, 4.69) is 33.1 Å². The third-order valence-electron chi connectivity index (χ3n) is 6.60. The molecule has 3 amide bonds. The molecule has 5 rings (SSSR count). The number of rotatable bonds is 3. The second-order valence-corrected chi connectivity index (χ2v) is 8.60. The molecule has 0 aliphatic carbocycles. The van der Waals surface area contributed by atoms with Crippen LogP contribution in [0.4, 0.5) is 5.69 Å². The first-order chi connectivity index (χ1) is 15.0. The highest BCUT2D eigenvalue weighted by Gasteiger charge is 2.49. The highest BCUT2D eigenvalue weighted by molar-refractivity contribution is 6.00. The Morgan fingerprint density at radius 1 is 1.16 bits per heavy atom. The fourth-order valence-corrected chi connectivity index (χ4v) is 4.95. The Morgan fingerprint density at radius 3 is 2.84 bits per heavy atom. The second-order valence-electron chi connectivity index (χ2n) is 8.60. The number of carbonyl (C=O) groups is 3. The van der Waals surface area contributed by atoms with Gasteiger partial charge >= 0.3 is 0 Å². The summed E-state index contributed by atoms with van der Waals surface area (Å²) in [5, 5.41) is 12.1. The van der Waals surface area contributed by atoms with E-state index < -0.39 is 18.0 Å². The van der Waals surface area contributed by atoms with Crippen molar-refractivity contribution < 1.29 is 23.9 Å². The summed E-state index contributed by atoms with van der Waals surface area (Å²) in [5.74, 6) is -1.15. The molecule has 31 heavy (non-hydrogen) atoms. The number of likely N-dealkylation sites (tertiary alicyclic amines) is 1. The molecule has 0 aromatic heterocycles. The van der Waals surface area contributed by atoms with Crippen LogP contribution >= 0.6 is 0 Å². The number of hydrogen-bond acceptors (Lipinski definition) is 7. The molecule has 4 N–H and O–H groups in total. The van der Waals surface area contributed by atoms with Crippen LogP contribution in [0.5, 0.6) is 11.5 Å². The zero-order valence-corrected chi connectivity index (χ0v) is 17.3. The van der Waals surface area contributed by atoms with E-state index in [-0.39, 0.29) is 37.2 Å². The number of hydrogen-bond donors (Lipinski definition) is 4. The Hall–Kier alpha value is -2.85. The summed E-state index contributed by atoms with van der Waals surface area (Å²) in [7, 11) is 0. The predicted molar refractivity (Wildman–Crippen MR) is 110 cm³/mol. The van der Waals surface area contributed by atoms with Crippen molar-refractivity contribution in [2.45, 2.75) is 51.1 Å². The van der Waals surface area contributed by atoms with Crippen LogP contribution in [0.3, 0.4) is 0 Å². The van der Waals surface area contributed by atoms with Gasteiger partial charge in [0.1, 0.15) is 6.29 Å². The number of benzene rings is 1. The highest BCUT2D eigenvalue weighted by atomic mass is 16.7. The van der Waals surface area contributed by atoms with Crippen molar-refractivity contribution in [1.29, 1.82) is 0 Å². The Kier molecular flexibility index (Phi) is 5.19. The molecule has 3 saturated heterocycles. The van der Waals surface area contributed by atoms with E-state index in [4.69, 9.17) is 9.47 Å². The standard InChI is InChI=1S/C21H27N5O5/c1-11-4-2-3-7-26(11)21-24-18-17(20(29)25-21)13(9-16(27)23-18)19(28)22-12-5-6-14-15(8-12)31-10-30-14/h5-6,8,11,13,17-18,21,24H,2-4,7,9-10H2,1H3,(H,22,28)(H,23,27)(H,25,29). The van der Waals surface area contributed by atoms with Gasteiger partial charge in [0, 0.05) is 30.8 Å². The molecule has 1 aromatic rings. The second kappa shape index (κ2) is 8.01. The van der Waals surface area contributed by atoms with Gasteiger partial charge in [-0.2, -0.15) is 0 Å². The van der Waals surface area contributed by atoms with Crippen molar-refractivity contribution in [2.24, 2.45) is 11.8 Å². The Bertz CT molecular complexity index is 908. The van der Waals surface area contributed by atoms with Crippen LogP contribution in [0.1, 0.15) is 32.6 Å². The first-order valence-corrected chi connectivity index (χ1v) is 10.8.